The first-order valence-corrected chi connectivity index (χ1v) is 10.6. The van der Waals surface area contributed by atoms with E-state index >= 15 is 0 Å². The highest BCUT2D eigenvalue weighted by Crippen LogP contribution is 2.39. The van der Waals surface area contributed by atoms with Crippen LogP contribution in [0.1, 0.15) is 34.9 Å². The van der Waals surface area contributed by atoms with Gasteiger partial charge >= 0.3 is 0 Å². The molecule has 7 heteroatoms. The van der Waals surface area contributed by atoms with Gasteiger partial charge in [0.25, 0.3) is 5.91 Å². The Balaban J connectivity index is 1.67. The maximum Gasteiger partial charge on any atom is 0.280 e. The van der Waals surface area contributed by atoms with Crippen LogP contribution in [0.25, 0.3) is 0 Å². The Morgan fingerprint density at radius 3 is 2.86 bits per heavy atom. The molecule has 0 spiro atoms. The molecule has 6 nitrogen and oxygen atoms in total. The number of carbonyl (C=O) groups is 1. The van der Waals surface area contributed by atoms with Gasteiger partial charge in [0, 0.05) is 4.88 Å². The molecule has 0 radical (unpaired) electrons. The van der Waals surface area contributed by atoms with Gasteiger partial charge in [-0.25, -0.2) is 0 Å². The topological polar surface area (TPSA) is 75.8 Å². The second kappa shape index (κ2) is 9.29. The van der Waals surface area contributed by atoms with Gasteiger partial charge in [-0.1, -0.05) is 13.0 Å². The van der Waals surface area contributed by atoms with Crippen LogP contribution in [0.2, 0.25) is 0 Å². The summed E-state index contributed by atoms with van der Waals surface area (Å²) in [6, 6.07) is 8.05. The van der Waals surface area contributed by atoms with Gasteiger partial charge in [0.1, 0.15) is 17.6 Å². The minimum absolute atomic E-state index is 0.0903. The molecule has 2 N–H and O–H groups in total. The van der Waals surface area contributed by atoms with E-state index in [1.807, 2.05) is 25.2 Å². The molecule has 1 aromatic heterocycles. The third kappa shape index (κ3) is 4.72. The number of quaternary nitrogens is 1. The van der Waals surface area contributed by atoms with Gasteiger partial charge in [0.2, 0.25) is 0 Å². The number of anilines is 1. The van der Waals surface area contributed by atoms with Crippen molar-refractivity contribution in [2.75, 3.05) is 33.1 Å². The van der Waals surface area contributed by atoms with E-state index in [2.05, 4.69) is 18.3 Å². The summed E-state index contributed by atoms with van der Waals surface area (Å²) in [5.74, 6) is 1.91. The number of likely N-dealkylation sites (N-methyl/N-ethyl adjacent to an activating group) is 1. The fourth-order valence-corrected chi connectivity index (χ4v) is 5.26. The molecule has 2 atom stereocenters. The summed E-state index contributed by atoms with van der Waals surface area (Å²) < 4.78 is 10.8. The molecule has 0 bridgehead atoms. The molecule has 1 aromatic carbocycles. The molecule has 29 heavy (non-hydrogen) atoms. The second-order valence-corrected chi connectivity index (χ2v) is 8.78. The fraction of sp³-hybridized carbons (Fsp3) is 0.455. The van der Waals surface area contributed by atoms with E-state index in [0.29, 0.717) is 41.1 Å². The van der Waals surface area contributed by atoms with Gasteiger partial charge in [-0.2, -0.15) is 5.26 Å². The summed E-state index contributed by atoms with van der Waals surface area (Å²) in [5.41, 5.74) is 2.76. The van der Waals surface area contributed by atoms with E-state index in [4.69, 9.17) is 9.47 Å². The average Bonchev–Trinajstić information content (AvgIpc) is 3.02. The number of para-hydroxylation sites is 1. The van der Waals surface area contributed by atoms with Gasteiger partial charge in [-0.3, -0.25) is 4.79 Å². The molecule has 154 valence electrons. The summed E-state index contributed by atoms with van der Waals surface area (Å²) in [6.07, 6.45) is 3.01. The van der Waals surface area contributed by atoms with Gasteiger partial charge in [0.05, 0.1) is 32.4 Å². The molecular weight excluding hydrogens is 386 g/mol. The molecule has 1 heterocycles. The van der Waals surface area contributed by atoms with Crippen LogP contribution in [-0.4, -0.2) is 33.7 Å². The highest BCUT2D eigenvalue weighted by atomic mass is 32.1. The first-order chi connectivity index (χ1) is 14.0. The smallest absolute Gasteiger partial charge is 0.280 e. The van der Waals surface area contributed by atoms with Crippen molar-refractivity contribution in [3.05, 3.63) is 39.8 Å². The van der Waals surface area contributed by atoms with Crippen molar-refractivity contribution < 1.29 is 19.2 Å². The minimum Gasteiger partial charge on any atom is -0.493 e. The predicted molar refractivity (Wildman–Crippen MR) is 114 cm³/mol. The van der Waals surface area contributed by atoms with Crippen molar-refractivity contribution >= 4 is 22.2 Å². The summed E-state index contributed by atoms with van der Waals surface area (Å²) in [4.78, 5) is 14.9. The summed E-state index contributed by atoms with van der Waals surface area (Å²) in [7, 11) is 5.19. The standard InChI is InChI=1S/C22H27N3O3S/c1-14-8-9-16-17(11-23)22(29-19(16)10-14)24-20(26)13-25(2)12-15-6-5-7-18(27-3)21(15)28-4/h5-7,14H,8-10,12-13H2,1-4H3,(H,24,26)/p+1/t14-/m0/s1. The van der Waals surface area contributed by atoms with Crippen molar-refractivity contribution in [3.8, 4) is 17.6 Å². The number of benzene rings is 1. The molecule has 0 fully saturated rings. The van der Waals surface area contributed by atoms with Gasteiger partial charge in [-0.05, 0) is 42.9 Å². The lowest BCUT2D eigenvalue weighted by Crippen LogP contribution is -3.08. The maximum atomic E-state index is 12.6. The normalized spacial score (nSPS) is 16.4. The number of thiophene rings is 1. The highest BCUT2D eigenvalue weighted by Gasteiger charge is 2.25. The molecule has 0 saturated carbocycles. The van der Waals surface area contributed by atoms with Crippen molar-refractivity contribution in [1.29, 1.82) is 5.26 Å². The molecule has 0 saturated heterocycles. The van der Waals surface area contributed by atoms with Crippen LogP contribution >= 0.6 is 11.3 Å². The van der Waals surface area contributed by atoms with Crippen LogP contribution < -0.4 is 19.7 Å². The Bertz CT molecular complexity index is 932. The minimum atomic E-state index is -0.0903. The van der Waals surface area contributed by atoms with E-state index in [9.17, 15) is 10.1 Å². The number of rotatable bonds is 7. The largest absolute Gasteiger partial charge is 0.493 e. The predicted octanol–water partition coefficient (Wildman–Crippen LogP) is 2.42. The summed E-state index contributed by atoms with van der Waals surface area (Å²) in [5, 5.41) is 13.3. The first-order valence-electron chi connectivity index (χ1n) is 9.82. The first kappa shape index (κ1) is 21.2. The lowest BCUT2D eigenvalue weighted by molar-refractivity contribution is -0.885. The van der Waals surface area contributed by atoms with Crippen molar-refractivity contribution in [3.63, 3.8) is 0 Å². The zero-order valence-electron chi connectivity index (χ0n) is 17.4. The maximum absolute atomic E-state index is 12.6. The molecule has 1 unspecified atom stereocenters. The van der Waals surface area contributed by atoms with Crippen LogP contribution in [0.5, 0.6) is 11.5 Å². The number of nitrogens with one attached hydrogen (secondary N) is 2. The lowest BCUT2D eigenvalue weighted by atomic mass is 9.89. The van der Waals surface area contributed by atoms with Crippen molar-refractivity contribution in [2.45, 2.75) is 32.7 Å². The number of amides is 1. The monoisotopic (exact) mass is 414 g/mol. The Hall–Kier alpha value is -2.56. The third-order valence-electron chi connectivity index (χ3n) is 5.32. The average molecular weight is 415 g/mol. The number of fused-ring (bicyclic) bond motifs is 1. The quantitative estimate of drug-likeness (QED) is 0.730. The molecule has 3 rings (SSSR count). The zero-order chi connectivity index (χ0) is 21.0. The van der Waals surface area contributed by atoms with Crippen molar-refractivity contribution in [2.24, 2.45) is 5.92 Å². The van der Waals surface area contributed by atoms with Crippen LogP contribution in [0.15, 0.2) is 18.2 Å². The number of hydrogen-bond acceptors (Lipinski definition) is 5. The fourth-order valence-electron chi connectivity index (χ4n) is 3.88. The molecule has 1 aliphatic carbocycles. The van der Waals surface area contributed by atoms with E-state index in [1.54, 1.807) is 25.6 Å². The number of nitrogens with zero attached hydrogens (tertiary/aromatic N) is 1. The molecular formula is C22H28N3O3S+. The summed E-state index contributed by atoms with van der Waals surface area (Å²) >= 11 is 1.56. The van der Waals surface area contributed by atoms with E-state index in [0.717, 1.165) is 35.3 Å². The van der Waals surface area contributed by atoms with Gasteiger partial charge in [-0.15, -0.1) is 11.3 Å². The number of carbonyl (C=O) groups excluding carboxylic acids is 1. The van der Waals surface area contributed by atoms with Crippen LogP contribution in [0, 0.1) is 17.2 Å². The molecule has 2 aromatic rings. The Morgan fingerprint density at radius 2 is 2.17 bits per heavy atom. The van der Waals surface area contributed by atoms with Crippen molar-refractivity contribution in [1.82, 2.24) is 0 Å². The Morgan fingerprint density at radius 1 is 1.38 bits per heavy atom. The SMILES string of the molecule is COc1cccc(C[NH+](C)CC(=O)Nc2sc3c(c2C#N)CC[C@H](C)C3)c1OC. The number of ether oxygens (including phenoxy) is 2. The van der Waals surface area contributed by atoms with Crippen LogP contribution in [0.4, 0.5) is 5.00 Å². The number of hydrogen-bond donors (Lipinski definition) is 2. The van der Waals surface area contributed by atoms with Crippen LogP contribution in [-0.2, 0) is 24.2 Å². The lowest BCUT2D eigenvalue weighted by Gasteiger charge is -2.17. The third-order valence-corrected chi connectivity index (χ3v) is 6.49. The Labute approximate surface area is 176 Å². The van der Waals surface area contributed by atoms with E-state index in [-0.39, 0.29) is 5.91 Å². The van der Waals surface area contributed by atoms with E-state index in [1.165, 1.54) is 4.88 Å². The molecule has 1 aliphatic rings. The van der Waals surface area contributed by atoms with Crippen LogP contribution in [0.3, 0.4) is 0 Å². The van der Waals surface area contributed by atoms with Gasteiger partial charge < -0.3 is 19.7 Å². The highest BCUT2D eigenvalue weighted by molar-refractivity contribution is 7.16. The number of nitriles is 1. The molecule has 1 amide bonds. The Kier molecular flexibility index (Phi) is 6.78. The van der Waals surface area contributed by atoms with E-state index < -0.39 is 0 Å². The van der Waals surface area contributed by atoms with Gasteiger partial charge in [0.15, 0.2) is 18.0 Å². The number of methoxy groups -OCH3 is 2. The molecule has 0 aliphatic heterocycles. The second-order valence-electron chi connectivity index (χ2n) is 7.68. The summed E-state index contributed by atoms with van der Waals surface area (Å²) in [6.45, 7) is 3.15. The zero-order valence-corrected chi connectivity index (χ0v) is 18.2.